The van der Waals surface area contributed by atoms with Crippen molar-refractivity contribution in [1.82, 2.24) is 0 Å². The van der Waals surface area contributed by atoms with Gasteiger partial charge in [-0.1, -0.05) is 24.3 Å². The van der Waals surface area contributed by atoms with E-state index in [1.165, 1.54) is 5.56 Å². The third-order valence-corrected chi connectivity index (χ3v) is 3.78. The van der Waals surface area contributed by atoms with Crippen LogP contribution in [0.1, 0.15) is 42.7 Å². The third-order valence-electron chi connectivity index (χ3n) is 3.34. The number of rotatable bonds is 2. The minimum absolute atomic E-state index is 0.314. The Balaban J connectivity index is 2.05. The largest absolute Gasteiger partial charge is 0.270 e. The highest BCUT2D eigenvalue weighted by Gasteiger charge is 2.20. The van der Waals surface area contributed by atoms with Gasteiger partial charge >= 0.3 is 0 Å². The van der Waals surface area contributed by atoms with E-state index in [0.29, 0.717) is 16.9 Å². The summed E-state index contributed by atoms with van der Waals surface area (Å²) in [6.45, 7) is 0. The molecule has 1 aromatic rings. The first-order chi connectivity index (χ1) is 8.15. The molecule has 3 heteroatoms. The SMILES string of the molecule is FC(F)=Cc1ccc(C2CCC(Cl)CC2)cc1. The molecule has 1 aromatic carbocycles. The Bertz CT molecular complexity index is 385. The summed E-state index contributed by atoms with van der Waals surface area (Å²) < 4.78 is 24.1. The fourth-order valence-electron chi connectivity index (χ4n) is 2.38. The Labute approximate surface area is 105 Å². The summed E-state index contributed by atoms with van der Waals surface area (Å²) in [7, 11) is 0. The smallest absolute Gasteiger partial charge is 0.173 e. The number of alkyl halides is 1. The lowest BCUT2D eigenvalue weighted by Gasteiger charge is -2.25. The Morgan fingerprint density at radius 2 is 1.65 bits per heavy atom. The van der Waals surface area contributed by atoms with E-state index in [0.717, 1.165) is 31.8 Å². The Kier molecular flexibility index (Phi) is 4.16. The van der Waals surface area contributed by atoms with Crippen molar-refractivity contribution in [3.05, 3.63) is 41.5 Å². The van der Waals surface area contributed by atoms with Gasteiger partial charge in [0.2, 0.25) is 0 Å². The van der Waals surface area contributed by atoms with Crippen molar-refractivity contribution in [2.24, 2.45) is 0 Å². The van der Waals surface area contributed by atoms with Crippen LogP contribution in [0.3, 0.4) is 0 Å². The maximum Gasteiger partial charge on any atom is 0.270 e. The van der Waals surface area contributed by atoms with Crippen molar-refractivity contribution in [2.45, 2.75) is 37.0 Å². The van der Waals surface area contributed by atoms with E-state index in [-0.39, 0.29) is 0 Å². The molecule has 0 saturated heterocycles. The fraction of sp³-hybridized carbons (Fsp3) is 0.429. The summed E-state index contributed by atoms with van der Waals surface area (Å²) in [5.41, 5.74) is 1.80. The van der Waals surface area contributed by atoms with Gasteiger partial charge in [0, 0.05) is 11.5 Å². The lowest BCUT2D eigenvalue weighted by Crippen LogP contribution is -2.12. The molecule has 0 nitrogen and oxygen atoms in total. The first-order valence-corrected chi connectivity index (χ1v) is 6.35. The summed E-state index contributed by atoms with van der Waals surface area (Å²) in [6, 6.07) is 7.41. The quantitative estimate of drug-likeness (QED) is 0.639. The zero-order valence-corrected chi connectivity index (χ0v) is 10.3. The number of halogens is 3. The topological polar surface area (TPSA) is 0 Å². The first-order valence-electron chi connectivity index (χ1n) is 5.92. The first kappa shape index (κ1) is 12.6. The van der Waals surface area contributed by atoms with Gasteiger partial charge in [0.1, 0.15) is 0 Å². The van der Waals surface area contributed by atoms with E-state index in [2.05, 4.69) is 0 Å². The monoisotopic (exact) mass is 256 g/mol. The van der Waals surface area contributed by atoms with E-state index in [4.69, 9.17) is 11.6 Å². The summed E-state index contributed by atoms with van der Waals surface area (Å²) >= 11 is 6.06. The maximum absolute atomic E-state index is 12.1. The van der Waals surface area contributed by atoms with Crippen LogP contribution in [0.25, 0.3) is 6.08 Å². The van der Waals surface area contributed by atoms with E-state index >= 15 is 0 Å². The van der Waals surface area contributed by atoms with Gasteiger partial charge in [0.15, 0.2) is 0 Å². The molecule has 0 unspecified atom stereocenters. The number of hydrogen-bond donors (Lipinski definition) is 0. The Morgan fingerprint density at radius 1 is 1.06 bits per heavy atom. The average molecular weight is 257 g/mol. The molecule has 0 heterocycles. The van der Waals surface area contributed by atoms with Gasteiger partial charge < -0.3 is 0 Å². The molecule has 2 rings (SSSR count). The van der Waals surface area contributed by atoms with Crippen molar-refractivity contribution in [1.29, 1.82) is 0 Å². The molecule has 0 radical (unpaired) electrons. The van der Waals surface area contributed by atoms with Crippen molar-refractivity contribution >= 4 is 17.7 Å². The van der Waals surface area contributed by atoms with Crippen LogP contribution in [-0.4, -0.2) is 5.38 Å². The number of hydrogen-bond acceptors (Lipinski definition) is 0. The van der Waals surface area contributed by atoms with Crippen LogP contribution >= 0.6 is 11.6 Å². The van der Waals surface area contributed by atoms with E-state index < -0.39 is 6.08 Å². The standard InChI is InChI=1S/C14H15ClF2/c15-13-7-5-12(6-8-13)11-3-1-10(2-4-11)9-14(16)17/h1-4,9,12-13H,5-8H2. The highest BCUT2D eigenvalue weighted by molar-refractivity contribution is 6.20. The van der Waals surface area contributed by atoms with Gasteiger partial charge in [-0.3, -0.25) is 0 Å². The van der Waals surface area contributed by atoms with E-state index in [9.17, 15) is 8.78 Å². The molecular formula is C14H15ClF2. The third kappa shape index (κ3) is 3.53. The summed E-state index contributed by atoms with van der Waals surface area (Å²) in [6.07, 6.45) is 3.53. The van der Waals surface area contributed by atoms with Crippen LogP contribution in [0.2, 0.25) is 0 Å². The van der Waals surface area contributed by atoms with Gasteiger partial charge in [0.05, 0.1) is 0 Å². The summed E-state index contributed by atoms with van der Waals surface area (Å²) in [4.78, 5) is 0. The van der Waals surface area contributed by atoms with Crippen LogP contribution < -0.4 is 0 Å². The molecule has 0 N–H and O–H groups in total. The fourth-order valence-corrected chi connectivity index (χ4v) is 2.63. The highest BCUT2D eigenvalue weighted by Crippen LogP contribution is 2.34. The second-order valence-corrected chi connectivity index (χ2v) is 5.17. The normalized spacial score (nSPS) is 24.4. The lowest BCUT2D eigenvalue weighted by atomic mass is 9.83. The Morgan fingerprint density at radius 3 is 2.18 bits per heavy atom. The molecule has 1 aliphatic carbocycles. The molecule has 0 spiro atoms. The average Bonchev–Trinajstić information content (AvgIpc) is 2.30. The molecular weight excluding hydrogens is 242 g/mol. The molecule has 0 amide bonds. The molecule has 1 saturated carbocycles. The minimum Gasteiger partial charge on any atom is -0.173 e. The molecule has 1 aliphatic rings. The van der Waals surface area contributed by atoms with E-state index in [1.54, 1.807) is 12.1 Å². The van der Waals surface area contributed by atoms with Crippen LogP contribution in [0.5, 0.6) is 0 Å². The van der Waals surface area contributed by atoms with Crippen molar-refractivity contribution in [3.63, 3.8) is 0 Å². The van der Waals surface area contributed by atoms with Gasteiger partial charge in [-0.15, -0.1) is 11.6 Å². The second kappa shape index (κ2) is 5.63. The summed E-state index contributed by atoms with van der Waals surface area (Å²) in [5, 5.41) is 0.314. The van der Waals surface area contributed by atoms with Crippen LogP contribution in [-0.2, 0) is 0 Å². The molecule has 1 fully saturated rings. The summed E-state index contributed by atoms with van der Waals surface area (Å²) in [5.74, 6) is 0.540. The predicted molar refractivity (Wildman–Crippen MR) is 67.5 cm³/mol. The van der Waals surface area contributed by atoms with Crippen LogP contribution in [0, 0.1) is 0 Å². The van der Waals surface area contributed by atoms with Crippen molar-refractivity contribution < 1.29 is 8.78 Å². The van der Waals surface area contributed by atoms with E-state index in [1.807, 2.05) is 12.1 Å². The van der Waals surface area contributed by atoms with Crippen LogP contribution in [0.4, 0.5) is 8.78 Å². The molecule has 0 bridgehead atoms. The molecule has 0 atom stereocenters. The molecule has 17 heavy (non-hydrogen) atoms. The second-order valence-electron chi connectivity index (χ2n) is 4.55. The Hall–Kier alpha value is -0.890. The predicted octanol–water partition coefficient (Wildman–Crippen LogP) is 5.19. The van der Waals surface area contributed by atoms with Gasteiger partial charge in [-0.05, 0) is 42.7 Å². The van der Waals surface area contributed by atoms with Gasteiger partial charge in [0.25, 0.3) is 6.08 Å². The van der Waals surface area contributed by atoms with Gasteiger partial charge in [-0.25, -0.2) is 0 Å². The molecule has 0 aliphatic heterocycles. The zero-order chi connectivity index (χ0) is 12.3. The van der Waals surface area contributed by atoms with Crippen LogP contribution in [0.15, 0.2) is 30.3 Å². The molecule has 0 aromatic heterocycles. The minimum atomic E-state index is -1.65. The highest BCUT2D eigenvalue weighted by atomic mass is 35.5. The zero-order valence-electron chi connectivity index (χ0n) is 9.50. The maximum atomic E-state index is 12.1. The van der Waals surface area contributed by atoms with Crippen molar-refractivity contribution in [3.8, 4) is 0 Å². The van der Waals surface area contributed by atoms with Crippen molar-refractivity contribution in [2.75, 3.05) is 0 Å². The molecule has 92 valence electrons. The number of benzene rings is 1. The van der Waals surface area contributed by atoms with Gasteiger partial charge in [-0.2, -0.15) is 8.78 Å². The lowest BCUT2D eigenvalue weighted by molar-refractivity contribution is 0.429.